The molecule has 0 heterocycles. The summed E-state index contributed by atoms with van der Waals surface area (Å²) in [5.41, 5.74) is 2.49. The van der Waals surface area contributed by atoms with Crippen molar-refractivity contribution in [2.75, 3.05) is 39.3 Å². The molecule has 5 nitrogen and oxygen atoms in total. The maximum Gasteiger partial charge on any atom is 0.128 e. The topological polar surface area (TPSA) is 50.2 Å². The Morgan fingerprint density at radius 3 is 1.19 bits per heavy atom. The number of aromatic hydroxyl groups is 2. The van der Waals surface area contributed by atoms with Crippen molar-refractivity contribution >= 4 is 0 Å². The molecule has 0 aliphatic carbocycles. The van der Waals surface area contributed by atoms with E-state index in [1.54, 1.807) is 0 Å². The molecule has 0 aliphatic heterocycles. The first-order chi connectivity index (χ1) is 12.4. The Balaban J connectivity index is 3.35. The highest BCUT2D eigenvalue weighted by Crippen LogP contribution is 2.36. The van der Waals surface area contributed by atoms with Crippen LogP contribution in [0.1, 0.15) is 58.2 Å². The Morgan fingerprint density at radius 1 is 0.577 bits per heavy atom. The van der Waals surface area contributed by atoms with Gasteiger partial charge in [-0.05, 0) is 45.3 Å². The molecule has 1 rings (SSSR count). The summed E-state index contributed by atoms with van der Waals surface area (Å²) in [4.78, 5) is 6.79. The first-order valence-corrected chi connectivity index (χ1v) is 10.2. The summed E-state index contributed by atoms with van der Waals surface area (Å²) >= 11 is 0. The van der Waals surface area contributed by atoms with Gasteiger partial charge in [0.05, 0.1) is 5.56 Å². The number of phenols is 2. The third-order valence-corrected chi connectivity index (χ3v) is 5.38. The average Bonchev–Trinajstić information content (AvgIpc) is 2.67. The molecule has 1 aromatic carbocycles. The van der Waals surface area contributed by atoms with Crippen molar-refractivity contribution in [1.82, 2.24) is 14.7 Å². The summed E-state index contributed by atoms with van der Waals surface area (Å²) in [6.07, 6.45) is 0. The number of phenolic OH excluding ortho intramolecular Hbond substituents is 2. The molecule has 0 bridgehead atoms. The zero-order chi connectivity index (χ0) is 19.7. The smallest absolute Gasteiger partial charge is 0.128 e. The molecule has 0 atom stereocenters. The predicted molar refractivity (Wildman–Crippen MR) is 110 cm³/mol. The van der Waals surface area contributed by atoms with Gasteiger partial charge in [-0.3, -0.25) is 14.7 Å². The van der Waals surface area contributed by atoms with E-state index in [1.165, 1.54) is 0 Å². The fourth-order valence-electron chi connectivity index (χ4n) is 3.28. The van der Waals surface area contributed by atoms with Crippen LogP contribution in [-0.4, -0.2) is 64.2 Å². The predicted octanol–water partition coefficient (Wildman–Crippen LogP) is 3.62. The number of rotatable bonds is 12. The van der Waals surface area contributed by atoms with Gasteiger partial charge in [0.2, 0.25) is 0 Å². The molecule has 0 aromatic heterocycles. The van der Waals surface area contributed by atoms with Crippen LogP contribution < -0.4 is 0 Å². The molecule has 0 fully saturated rings. The minimum absolute atomic E-state index is 0.254. The van der Waals surface area contributed by atoms with Gasteiger partial charge >= 0.3 is 0 Å². The fraction of sp³-hybridized carbons (Fsp3) is 0.714. The van der Waals surface area contributed by atoms with E-state index >= 15 is 0 Å². The van der Waals surface area contributed by atoms with Crippen LogP contribution in [0.2, 0.25) is 0 Å². The summed E-state index contributed by atoms with van der Waals surface area (Å²) in [6.45, 7) is 20.3. The summed E-state index contributed by atoms with van der Waals surface area (Å²) < 4.78 is 0. The summed E-state index contributed by atoms with van der Waals surface area (Å²) in [6, 6.07) is 1.99. The zero-order valence-electron chi connectivity index (χ0n) is 17.7. The number of nitrogens with zero attached hydrogens (tertiary/aromatic N) is 3. The number of benzene rings is 1. The van der Waals surface area contributed by atoms with Gasteiger partial charge in [-0.25, -0.2) is 0 Å². The van der Waals surface area contributed by atoms with E-state index in [2.05, 4.69) is 56.2 Å². The largest absolute Gasteiger partial charge is 0.507 e. The molecule has 0 radical (unpaired) electrons. The van der Waals surface area contributed by atoms with Crippen molar-refractivity contribution in [3.8, 4) is 11.5 Å². The van der Waals surface area contributed by atoms with Crippen molar-refractivity contribution in [3.63, 3.8) is 0 Å². The summed E-state index contributed by atoms with van der Waals surface area (Å²) in [5, 5.41) is 21.8. The van der Waals surface area contributed by atoms with E-state index in [4.69, 9.17) is 0 Å². The molecule has 0 saturated carbocycles. The third kappa shape index (κ3) is 5.86. The molecule has 0 unspecified atom stereocenters. The van der Waals surface area contributed by atoms with Gasteiger partial charge in [-0.15, -0.1) is 0 Å². The van der Waals surface area contributed by atoms with Gasteiger partial charge < -0.3 is 10.2 Å². The number of hydrogen-bond acceptors (Lipinski definition) is 5. The molecule has 0 spiro atoms. The molecule has 150 valence electrons. The molecule has 26 heavy (non-hydrogen) atoms. The second kappa shape index (κ2) is 11.4. The normalized spacial score (nSPS) is 11.9. The van der Waals surface area contributed by atoms with Gasteiger partial charge in [0.25, 0.3) is 0 Å². The van der Waals surface area contributed by atoms with E-state index in [1.807, 2.05) is 6.07 Å². The summed E-state index contributed by atoms with van der Waals surface area (Å²) in [5.74, 6) is 0.509. The van der Waals surface area contributed by atoms with Crippen LogP contribution in [-0.2, 0) is 19.6 Å². The zero-order valence-corrected chi connectivity index (χ0v) is 17.7. The summed E-state index contributed by atoms with van der Waals surface area (Å²) in [7, 11) is 0. The molecular formula is C21H39N3O2. The maximum atomic E-state index is 10.9. The highest BCUT2D eigenvalue weighted by molar-refractivity contribution is 5.53. The van der Waals surface area contributed by atoms with Gasteiger partial charge in [-0.1, -0.05) is 41.5 Å². The second-order valence-electron chi connectivity index (χ2n) is 6.75. The standard InChI is InChI=1S/C21H39N3O2/c1-7-22(8-2)14-17-13-18(15-23(9-3)10-4)21(26)19(20(17)25)16-24(11-5)12-6/h13,25-26H,7-12,14-16H2,1-6H3. The van der Waals surface area contributed by atoms with Crippen LogP contribution in [0.3, 0.4) is 0 Å². The lowest BCUT2D eigenvalue weighted by Crippen LogP contribution is -2.25. The van der Waals surface area contributed by atoms with E-state index in [0.717, 1.165) is 50.4 Å². The van der Waals surface area contributed by atoms with Crippen molar-refractivity contribution in [2.24, 2.45) is 0 Å². The molecule has 2 N–H and O–H groups in total. The lowest BCUT2D eigenvalue weighted by molar-refractivity contribution is 0.270. The first-order valence-electron chi connectivity index (χ1n) is 10.2. The Labute approximate surface area is 160 Å². The maximum absolute atomic E-state index is 10.9. The van der Waals surface area contributed by atoms with Crippen LogP contribution in [0.25, 0.3) is 0 Å². The lowest BCUT2D eigenvalue weighted by atomic mass is 10.00. The van der Waals surface area contributed by atoms with Gasteiger partial charge in [0, 0.05) is 30.8 Å². The first kappa shape index (κ1) is 22.7. The molecule has 0 aliphatic rings. The van der Waals surface area contributed by atoms with E-state index < -0.39 is 0 Å². The molecule has 0 saturated heterocycles. The molecule has 5 heteroatoms. The Morgan fingerprint density at radius 2 is 0.885 bits per heavy atom. The van der Waals surface area contributed by atoms with Crippen LogP contribution in [0.15, 0.2) is 6.07 Å². The minimum Gasteiger partial charge on any atom is -0.507 e. The Kier molecular flexibility index (Phi) is 9.99. The Bertz CT molecular complexity index is 498. The van der Waals surface area contributed by atoms with Crippen LogP contribution >= 0.6 is 0 Å². The van der Waals surface area contributed by atoms with E-state index in [-0.39, 0.29) is 11.5 Å². The van der Waals surface area contributed by atoms with Crippen molar-refractivity contribution < 1.29 is 10.2 Å². The Hall–Kier alpha value is -1.30. The van der Waals surface area contributed by atoms with Gasteiger partial charge in [0.15, 0.2) is 0 Å². The monoisotopic (exact) mass is 365 g/mol. The van der Waals surface area contributed by atoms with Crippen molar-refractivity contribution in [3.05, 3.63) is 22.8 Å². The van der Waals surface area contributed by atoms with Crippen LogP contribution in [0, 0.1) is 0 Å². The van der Waals surface area contributed by atoms with Crippen LogP contribution in [0.5, 0.6) is 11.5 Å². The van der Waals surface area contributed by atoms with Crippen LogP contribution in [0.4, 0.5) is 0 Å². The fourth-order valence-corrected chi connectivity index (χ4v) is 3.28. The highest BCUT2D eigenvalue weighted by atomic mass is 16.3. The van der Waals surface area contributed by atoms with Crippen molar-refractivity contribution in [2.45, 2.75) is 61.2 Å². The quantitative estimate of drug-likeness (QED) is 0.592. The SMILES string of the molecule is CCN(CC)Cc1cc(CN(CC)CC)c(O)c(CN(CC)CC)c1O. The average molecular weight is 366 g/mol. The highest BCUT2D eigenvalue weighted by Gasteiger charge is 2.20. The third-order valence-electron chi connectivity index (χ3n) is 5.38. The van der Waals surface area contributed by atoms with Crippen molar-refractivity contribution in [1.29, 1.82) is 0 Å². The van der Waals surface area contributed by atoms with Gasteiger partial charge in [0.1, 0.15) is 11.5 Å². The number of hydrogen-bond donors (Lipinski definition) is 2. The minimum atomic E-state index is 0.254. The second-order valence-corrected chi connectivity index (χ2v) is 6.75. The van der Waals surface area contributed by atoms with E-state index in [0.29, 0.717) is 25.2 Å². The van der Waals surface area contributed by atoms with E-state index in [9.17, 15) is 10.2 Å². The lowest BCUT2D eigenvalue weighted by Gasteiger charge is -2.26. The molecule has 0 amide bonds. The van der Waals surface area contributed by atoms with Gasteiger partial charge in [-0.2, -0.15) is 0 Å². The molecule has 1 aromatic rings. The molecular weight excluding hydrogens is 326 g/mol.